The molecule has 0 aliphatic heterocycles. The number of aryl methyl sites for hydroxylation is 1. The highest BCUT2D eigenvalue weighted by atomic mass is 32.1. The standard InChI is InChI=1S/C14H21NO3S/c1-9-5-6-11(19-9)13(18)15-10(7-12(16)17)8-14(2,3)4/h5-6,10H,7-8H2,1-4H3,(H,15,18)(H,16,17). The monoisotopic (exact) mass is 283 g/mol. The molecule has 0 aliphatic carbocycles. The third-order valence-corrected chi connectivity index (χ3v) is 3.58. The summed E-state index contributed by atoms with van der Waals surface area (Å²) in [4.78, 5) is 24.6. The summed E-state index contributed by atoms with van der Waals surface area (Å²) >= 11 is 1.42. The van der Waals surface area contributed by atoms with Crippen LogP contribution in [0.3, 0.4) is 0 Å². The molecule has 4 nitrogen and oxygen atoms in total. The van der Waals surface area contributed by atoms with Crippen molar-refractivity contribution >= 4 is 23.2 Å². The molecule has 0 aliphatic rings. The van der Waals surface area contributed by atoms with Crippen LogP contribution in [0.1, 0.15) is 48.2 Å². The number of rotatable bonds is 5. The fourth-order valence-electron chi connectivity index (χ4n) is 1.94. The van der Waals surface area contributed by atoms with Gasteiger partial charge >= 0.3 is 5.97 Å². The number of aliphatic carboxylic acids is 1. The molecule has 0 saturated carbocycles. The van der Waals surface area contributed by atoms with E-state index < -0.39 is 5.97 Å². The van der Waals surface area contributed by atoms with Crippen LogP contribution in [-0.2, 0) is 4.79 Å². The summed E-state index contributed by atoms with van der Waals surface area (Å²) in [5.74, 6) is -1.08. The van der Waals surface area contributed by atoms with Gasteiger partial charge < -0.3 is 10.4 Å². The van der Waals surface area contributed by atoms with Crippen LogP contribution in [-0.4, -0.2) is 23.0 Å². The predicted molar refractivity (Wildman–Crippen MR) is 76.6 cm³/mol. The Labute approximate surface area is 117 Å². The van der Waals surface area contributed by atoms with Crippen LogP contribution in [0.5, 0.6) is 0 Å². The Bertz CT molecular complexity index is 460. The topological polar surface area (TPSA) is 66.4 Å². The van der Waals surface area contributed by atoms with Gasteiger partial charge in [0.2, 0.25) is 0 Å². The average Bonchev–Trinajstić information content (AvgIpc) is 2.60. The van der Waals surface area contributed by atoms with Crippen molar-refractivity contribution in [1.29, 1.82) is 0 Å². The number of carbonyl (C=O) groups excluding carboxylic acids is 1. The maximum atomic E-state index is 12.0. The van der Waals surface area contributed by atoms with Gasteiger partial charge in [-0.3, -0.25) is 9.59 Å². The van der Waals surface area contributed by atoms with Crippen molar-refractivity contribution in [2.75, 3.05) is 0 Å². The minimum Gasteiger partial charge on any atom is -0.481 e. The highest BCUT2D eigenvalue weighted by molar-refractivity contribution is 7.13. The SMILES string of the molecule is Cc1ccc(C(=O)NC(CC(=O)O)CC(C)(C)C)s1. The van der Waals surface area contributed by atoms with Gasteiger partial charge in [-0.1, -0.05) is 20.8 Å². The van der Waals surface area contributed by atoms with E-state index in [0.717, 1.165) is 4.88 Å². The Kier molecular flexibility index (Phi) is 5.11. The van der Waals surface area contributed by atoms with Gasteiger partial charge in [-0.25, -0.2) is 0 Å². The van der Waals surface area contributed by atoms with E-state index in [9.17, 15) is 9.59 Å². The highest BCUT2D eigenvalue weighted by Crippen LogP contribution is 2.23. The minimum atomic E-state index is -0.892. The third-order valence-electron chi connectivity index (χ3n) is 2.58. The molecule has 1 heterocycles. The Balaban J connectivity index is 2.71. The molecule has 19 heavy (non-hydrogen) atoms. The van der Waals surface area contributed by atoms with Crippen molar-refractivity contribution in [1.82, 2.24) is 5.32 Å². The summed E-state index contributed by atoms with van der Waals surface area (Å²) in [5.41, 5.74) is -0.0290. The molecule has 1 aromatic rings. The Hall–Kier alpha value is -1.36. The molecule has 1 rings (SSSR count). The van der Waals surface area contributed by atoms with Gasteiger partial charge in [-0.15, -0.1) is 11.3 Å². The maximum Gasteiger partial charge on any atom is 0.305 e. The number of carbonyl (C=O) groups is 2. The Morgan fingerprint density at radius 2 is 2.00 bits per heavy atom. The van der Waals surface area contributed by atoms with Gasteiger partial charge in [0.05, 0.1) is 11.3 Å². The normalized spacial score (nSPS) is 13.1. The maximum absolute atomic E-state index is 12.0. The van der Waals surface area contributed by atoms with Gasteiger partial charge in [0.25, 0.3) is 5.91 Å². The van der Waals surface area contributed by atoms with Gasteiger partial charge in [-0.05, 0) is 30.9 Å². The van der Waals surface area contributed by atoms with E-state index in [2.05, 4.69) is 5.32 Å². The molecule has 0 fully saturated rings. The first-order chi connectivity index (χ1) is 8.67. The first kappa shape index (κ1) is 15.7. The van der Waals surface area contributed by atoms with Crippen molar-refractivity contribution in [2.45, 2.75) is 46.6 Å². The number of hydrogen-bond acceptors (Lipinski definition) is 3. The zero-order valence-electron chi connectivity index (χ0n) is 11.8. The van der Waals surface area contributed by atoms with E-state index in [-0.39, 0.29) is 23.8 Å². The first-order valence-electron chi connectivity index (χ1n) is 6.26. The molecule has 2 N–H and O–H groups in total. The van der Waals surface area contributed by atoms with Crippen LogP contribution >= 0.6 is 11.3 Å². The summed E-state index contributed by atoms with van der Waals surface area (Å²) < 4.78 is 0. The van der Waals surface area contributed by atoms with Crippen molar-refractivity contribution in [2.24, 2.45) is 5.41 Å². The van der Waals surface area contributed by atoms with E-state index in [1.807, 2.05) is 33.8 Å². The van der Waals surface area contributed by atoms with Crippen molar-refractivity contribution in [3.8, 4) is 0 Å². The molecule has 106 valence electrons. The summed E-state index contributed by atoms with van der Waals surface area (Å²) in [6.45, 7) is 8.03. The molecule has 1 amide bonds. The van der Waals surface area contributed by atoms with Crippen LogP contribution in [0.25, 0.3) is 0 Å². The number of thiophene rings is 1. The highest BCUT2D eigenvalue weighted by Gasteiger charge is 2.23. The number of carboxylic acid groups (broad SMARTS) is 1. The molecule has 1 unspecified atom stereocenters. The minimum absolute atomic E-state index is 0.0290. The second kappa shape index (κ2) is 6.19. The van der Waals surface area contributed by atoms with Gasteiger partial charge in [0.15, 0.2) is 0 Å². The Morgan fingerprint density at radius 1 is 1.37 bits per heavy atom. The van der Waals surface area contributed by atoms with Gasteiger partial charge in [-0.2, -0.15) is 0 Å². The summed E-state index contributed by atoms with van der Waals surface area (Å²) in [5, 5.41) is 11.7. The van der Waals surface area contributed by atoms with Crippen LogP contribution in [0.4, 0.5) is 0 Å². The van der Waals surface area contributed by atoms with E-state index in [0.29, 0.717) is 11.3 Å². The lowest BCUT2D eigenvalue weighted by Gasteiger charge is -2.25. The number of carboxylic acids is 1. The van der Waals surface area contributed by atoms with Crippen molar-refractivity contribution < 1.29 is 14.7 Å². The van der Waals surface area contributed by atoms with Crippen molar-refractivity contribution in [3.05, 3.63) is 21.9 Å². The van der Waals surface area contributed by atoms with Crippen LogP contribution in [0.15, 0.2) is 12.1 Å². The second-order valence-electron chi connectivity index (χ2n) is 5.94. The average molecular weight is 283 g/mol. The van der Waals surface area contributed by atoms with Crippen molar-refractivity contribution in [3.63, 3.8) is 0 Å². The second-order valence-corrected chi connectivity index (χ2v) is 7.23. The lowest BCUT2D eigenvalue weighted by atomic mass is 9.87. The van der Waals surface area contributed by atoms with Crippen LogP contribution in [0, 0.1) is 12.3 Å². The molecular formula is C14H21NO3S. The number of amides is 1. The van der Waals surface area contributed by atoms with Gasteiger partial charge in [0.1, 0.15) is 0 Å². The third kappa shape index (κ3) is 5.87. The fourth-order valence-corrected chi connectivity index (χ4v) is 2.71. The van der Waals surface area contributed by atoms with Crippen LogP contribution in [0.2, 0.25) is 0 Å². The number of hydrogen-bond donors (Lipinski definition) is 2. The molecule has 0 aromatic carbocycles. The molecule has 0 radical (unpaired) electrons. The predicted octanol–water partition coefficient (Wildman–Crippen LogP) is 3.07. The molecule has 5 heteroatoms. The van der Waals surface area contributed by atoms with E-state index in [1.165, 1.54) is 11.3 Å². The van der Waals surface area contributed by atoms with Crippen LogP contribution < -0.4 is 5.32 Å². The summed E-state index contributed by atoms with van der Waals surface area (Å²) in [6.07, 6.45) is 0.586. The zero-order valence-corrected chi connectivity index (χ0v) is 12.6. The summed E-state index contributed by atoms with van der Waals surface area (Å²) in [6, 6.07) is 3.31. The first-order valence-corrected chi connectivity index (χ1v) is 7.08. The lowest BCUT2D eigenvalue weighted by molar-refractivity contribution is -0.137. The molecule has 0 bridgehead atoms. The summed E-state index contributed by atoms with van der Waals surface area (Å²) in [7, 11) is 0. The number of nitrogens with one attached hydrogen (secondary N) is 1. The van der Waals surface area contributed by atoms with E-state index in [1.54, 1.807) is 6.07 Å². The van der Waals surface area contributed by atoms with E-state index >= 15 is 0 Å². The smallest absolute Gasteiger partial charge is 0.305 e. The lowest BCUT2D eigenvalue weighted by Crippen LogP contribution is -2.38. The largest absolute Gasteiger partial charge is 0.481 e. The zero-order chi connectivity index (χ0) is 14.6. The van der Waals surface area contributed by atoms with Gasteiger partial charge in [0, 0.05) is 10.9 Å². The molecule has 0 saturated heterocycles. The molecule has 1 atom stereocenters. The fraction of sp³-hybridized carbons (Fsp3) is 0.571. The molecular weight excluding hydrogens is 262 g/mol. The molecule has 1 aromatic heterocycles. The Morgan fingerprint density at radius 3 is 2.42 bits per heavy atom. The molecule has 0 spiro atoms. The quantitative estimate of drug-likeness (QED) is 0.872. The van der Waals surface area contributed by atoms with E-state index in [4.69, 9.17) is 5.11 Å².